The number of benzene rings is 1. The second-order valence-electron chi connectivity index (χ2n) is 5.77. The van der Waals surface area contributed by atoms with E-state index in [1.165, 1.54) is 24.4 Å². The Morgan fingerprint density at radius 2 is 1.92 bits per heavy atom. The van der Waals surface area contributed by atoms with E-state index in [2.05, 4.69) is 4.98 Å². The van der Waals surface area contributed by atoms with Gasteiger partial charge in [0.1, 0.15) is 11.4 Å². The van der Waals surface area contributed by atoms with E-state index in [1.807, 2.05) is 4.90 Å². The number of hydrogen-bond donors (Lipinski definition) is 1. The van der Waals surface area contributed by atoms with Crippen molar-refractivity contribution in [2.24, 2.45) is 0 Å². The van der Waals surface area contributed by atoms with Crippen LogP contribution in [-0.4, -0.2) is 42.0 Å². The molecular formula is C17H17ClFN3O2. The lowest BCUT2D eigenvalue weighted by molar-refractivity contribution is 0.0745. The van der Waals surface area contributed by atoms with Gasteiger partial charge in [-0.05, 0) is 25.1 Å². The van der Waals surface area contributed by atoms with Crippen molar-refractivity contribution in [3.05, 3.63) is 62.8 Å². The summed E-state index contributed by atoms with van der Waals surface area (Å²) >= 11 is 6.09. The number of aromatic nitrogens is 1. The van der Waals surface area contributed by atoms with Gasteiger partial charge in [-0.15, -0.1) is 0 Å². The molecule has 1 saturated heterocycles. The number of anilines is 1. The number of aromatic amines is 1. The Balaban J connectivity index is 1.70. The summed E-state index contributed by atoms with van der Waals surface area (Å²) in [7, 11) is 0. The van der Waals surface area contributed by atoms with Gasteiger partial charge in [0.25, 0.3) is 5.91 Å². The summed E-state index contributed by atoms with van der Waals surface area (Å²) < 4.78 is 13.1. The highest BCUT2D eigenvalue weighted by Crippen LogP contribution is 2.27. The van der Waals surface area contributed by atoms with Crippen LogP contribution in [0.15, 0.2) is 35.3 Å². The molecule has 0 saturated carbocycles. The van der Waals surface area contributed by atoms with Crippen LogP contribution >= 0.6 is 11.6 Å². The molecule has 0 bridgehead atoms. The Morgan fingerprint density at radius 1 is 1.21 bits per heavy atom. The summed E-state index contributed by atoms with van der Waals surface area (Å²) in [6, 6.07) is 5.70. The number of amides is 1. The Kier molecular flexibility index (Phi) is 4.57. The molecule has 1 aromatic heterocycles. The Bertz CT molecular complexity index is 829. The maximum absolute atomic E-state index is 13.1. The van der Waals surface area contributed by atoms with E-state index < -0.39 is 0 Å². The van der Waals surface area contributed by atoms with Gasteiger partial charge in [0.15, 0.2) is 5.43 Å². The van der Waals surface area contributed by atoms with Crippen molar-refractivity contribution in [1.29, 1.82) is 0 Å². The van der Waals surface area contributed by atoms with E-state index in [4.69, 9.17) is 11.6 Å². The second-order valence-corrected chi connectivity index (χ2v) is 6.18. The van der Waals surface area contributed by atoms with E-state index in [-0.39, 0.29) is 22.7 Å². The van der Waals surface area contributed by atoms with Gasteiger partial charge in [0, 0.05) is 44.1 Å². The zero-order valence-corrected chi connectivity index (χ0v) is 13.9. The highest BCUT2D eigenvalue weighted by Gasteiger charge is 2.24. The van der Waals surface area contributed by atoms with Gasteiger partial charge < -0.3 is 14.8 Å². The van der Waals surface area contributed by atoms with Crippen LogP contribution < -0.4 is 10.3 Å². The molecule has 0 radical (unpaired) electrons. The molecule has 0 aliphatic carbocycles. The number of rotatable bonds is 2. The van der Waals surface area contributed by atoms with E-state index in [1.54, 1.807) is 17.9 Å². The molecule has 1 fully saturated rings. The van der Waals surface area contributed by atoms with Crippen molar-refractivity contribution < 1.29 is 9.18 Å². The van der Waals surface area contributed by atoms with Gasteiger partial charge in [-0.2, -0.15) is 0 Å². The normalized spacial score (nSPS) is 14.8. The Labute approximate surface area is 143 Å². The molecular weight excluding hydrogens is 333 g/mol. The highest BCUT2D eigenvalue weighted by molar-refractivity contribution is 6.33. The predicted octanol–water partition coefficient (Wildman–Crippen LogP) is 2.44. The van der Waals surface area contributed by atoms with Crippen LogP contribution in [0.4, 0.5) is 10.1 Å². The molecule has 2 heterocycles. The van der Waals surface area contributed by atoms with Gasteiger partial charge in [0.05, 0.1) is 10.7 Å². The molecule has 2 aromatic rings. The van der Waals surface area contributed by atoms with Crippen molar-refractivity contribution in [3.63, 3.8) is 0 Å². The first-order valence-electron chi connectivity index (χ1n) is 7.64. The van der Waals surface area contributed by atoms with Crippen molar-refractivity contribution >= 4 is 23.2 Å². The van der Waals surface area contributed by atoms with Gasteiger partial charge in [-0.25, -0.2) is 4.39 Å². The SMILES string of the molecule is Cc1cc(=O)c(C(=O)N2CCN(c3ccc(F)cc3Cl)CC2)c[nH]1. The molecule has 1 aliphatic rings. The number of carbonyl (C=O) groups excluding carboxylic acids is 1. The zero-order chi connectivity index (χ0) is 17.3. The number of aryl methyl sites for hydroxylation is 1. The van der Waals surface area contributed by atoms with Crippen molar-refractivity contribution in [3.8, 4) is 0 Å². The van der Waals surface area contributed by atoms with Gasteiger partial charge in [-0.1, -0.05) is 11.6 Å². The third kappa shape index (κ3) is 3.28. The van der Waals surface area contributed by atoms with Gasteiger partial charge in [0.2, 0.25) is 0 Å². The van der Waals surface area contributed by atoms with E-state index in [0.717, 1.165) is 5.69 Å². The molecule has 24 heavy (non-hydrogen) atoms. The Hall–Kier alpha value is -2.34. The summed E-state index contributed by atoms with van der Waals surface area (Å²) in [6.45, 7) is 3.85. The van der Waals surface area contributed by atoms with Crippen LogP contribution in [0.1, 0.15) is 16.1 Å². The number of H-pyrrole nitrogens is 1. The van der Waals surface area contributed by atoms with E-state index in [9.17, 15) is 14.0 Å². The van der Waals surface area contributed by atoms with Crippen molar-refractivity contribution in [2.45, 2.75) is 6.92 Å². The van der Waals surface area contributed by atoms with E-state index in [0.29, 0.717) is 36.9 Å². The number of nitrogens with zero attached hydrogens (tertiary/aromatic N) is 2. The molecule has 1 N–H and O–H groups in total. The summed E-state index contributed by atoms with van der Waals surface area (Å²) in [5, 5.41) is 0.352. The molecule has 1 amide bonds. The molecule has 126 valence electrons. The first kappa shape index (κ1) is 16.5. The van der Waals surface area contributed by atoms with Crippen molar-refractivity contribution in [1.82, 2.24) is 9.88 Å². The lowest BCUT2D eigenvalue weighted by atomic mass is 10.2. The highest BCUT2D eigenvalue weighted by atomic mass is 35.5. The molecule has 0 unspecified atom stereocenters. The van der Waals surface area contributed by atoms with Crippen LogP contribution in [0.3, 0.4) is 0 Å². The maximum atomic E-state index is 13.1. The molecule has 0 spiro atoms. The van der Waals surface area contributed by atoms with Crippen molar-refractivity contribution in [2.75, 3.05) is 31.1 Å². The minimum atomic E-state index is -0.379. The average molecular weight is 350 g/mol. The molecule has 1 aromatic carbocycles. The van der Waals surface area contributed by atoms with E-state index >= 15 is 0 Å². The predicted molar refractivity (Wildman–Crippen MR) is 91.3 cm³/mol. The number of halogens is 2. The summed E-state index contributed by atoms with van der Waals surface area (Å²) in [6.07, 6.45) is 1.46. The third-order valence-corrected chi connectivity index (χ3v) is 4.41. The fourth-order valence-corrected chi connectivity index (χ4v) is 3.09. The Morgan fingerprint density at radius 3 is 2.54 bits per heavy atom. The minimum absolute atomic E-state index is 0.147. The smallest absolute Gasteiger partial charge is 0.259 e. The minimum Gasteiger partial charge on any atom is -0.367 e. The number of nitrogens with one attached hydrogen (secondary N) is 1. The number of pyridine rings is 1. The fourth-order valence-electron chi connectivity index (χ4n) is 2.80. The summed E-state index contributed by atoms with van der Waals surface area (Å²) in [5.41, 5.74) is 1.33. The first-order valence-corrected chi connectivity index (χ1v) is 8.02. The summed E-state index contributed by atoms with van der Waals surface area (Å²) in [4.78, 5) is 31.0. The van der Waals surface area contributed by atoms with Crippen LogP contribution in [0.5, 0.6) is 0 Å². The monoisotopic (exact) mass is 349 g/mol. The molecule has 5 nitrogen and oxygen atoms in total. The number of hydrogen-bond acceptors (Lipinski definition) is 3. The molecule has 3 rings (SSSR count). The summed E-state index contributed by atoms with van der Waals surface area (Å²) in [5.74, 6) is -0.655. The third-order valence-electron chi connectivity index (χ3n) is 4.10. The molecule has 1 aliphatic heterocycles. The quantitative estimate of drug-likeness (QED) is 0.906. The van der Waals surface area contributed by atoms with Crippen LogP contribution in [0.25, 0.3) is 0 Å². The van der Waals surface area contributed by atoms with Gasteiger partial charge >= 0.3 is 0 Å². The topological polar surface area (TPSA) is 56.4 Å². The van der Waals surface area contributed by atoms with Crippen LogP contribution in [0.2, 0.25) is 5.02 Å². The average Bonchev–Trinajstić information content (AvgIpc) is 2.54. The fraction of sp³-hybridized carbons (Fsp3) is 0.294. The maximum Gasteiger partial charge on any atom is 0.259 e. The zero-order valence-electron chi connectivity index (χ0n) is 13.2. The van der Waals surface area contributed by atoms with Crippen LogP contribution in [-0.2, 0) is 0 Å². The molecule has 7 heteroatoms. The second kappa shape index (κ2) is 6.65. The lowest BCUT2D eigenvalue weighted by Crippen LogP contribution is -2.49. The van der Waals surface area contributed by atoms with Gasteiger partial charge in [-0.3, -0.25) is 9.59 Å². The standard InChI is InChI=1S/C17H17ClFN3O2/c1-11-8-16(23)13(10-20-11)17(24)22-6-4-21(5-7-22)15-3-2-12(19)9-14(15)18/h2-3,8-10H,4-7H2,1H3,(H,20,23). The lowest BCUT2D eigenvalue weighted by Gasteiger charge is -2.36. The molecule has 0 atom stereocenters. The number of piperazine rings is 1. The van der Waals surface area contributed by atoms with Crippen LogP contribution in [0, 0.1) is 12.7 Å². The largest absolute Gasteiger partial charge is 0.367 e. The first-order chi connectivity index (χ1) is 11.5. The number of carbonyl (C=O) groups is 1.